The first-order valence-corrected chi connectivity index (χ1v) is 8.69. The van der Waals surface area contributed by atoms with Crippen LogP contribution in [-0.4, -0.2) is 28.0 Å². The third-order valence-electron chi connectivity index (χ3n) is 3.02. The van der Waals surface area contributed by atoms with E-state index in [1.165, 1.54) is 11.1 Å². The van der Waals surface area contributed by atoms with Gasteiger partial charge in [0.05, 0.1) is 0 Å². The van der Waals surface area contributed by atoms with Gasteiger partial charge in [0.15, 0.2) is 0 Å². The molecule has 17 heavy (non-hydrogen) atoms. The molecule has 1 N–H and O–H groups in total. The highest BCUT2D eigenvalue weighted by atomic mass is 32.2. The topological polar surface area (TPSA) is 29.1 Å². The number of hydrogen-bond donors (Lipinski definition) is 1. The van der Waals surface area contributed by atoms with Crippen LogP contribution in [-0.2, 0) is 16.6 Å². The van der Waals surface area contributed by atoms with E-state index >= 15 is 0 Å². The lowest BCUT2D eigenvalue weighted by atomic mass is 10.0. The molecule has 0 fully saturated rings. The molecule has 0 amide bonds. The fourth-order valence-corrected chi connectivity index (χ4v) is 3.81. The average molecular weight is 269 g/mol. The molecule has 0 spiro atoms. The Bertz CT molecular complexity index is 395. The smallest absolute Gasteiger partial charge is 0.0415 e. The maximum Gasteiger partial charge on any atom is 0.0415 e. The fraction of sp³-hybridized carbons (Fsp3) is 0.538. The zero-order valence-corrected chi connectivity index (χ0v) is 11.8. The zero-order valence-electron chi connectivity index (χ0n) is 10.1. The van der Waals surface area contributed by atoms with Crippen molar-refractivity contribution in [1.29, 1.82) is 0 Å². The van der Waals surface area contributed by atoms with Gasteiger partial charge in [-0.05, 0) is 11.1 Å². The molecular formula is C13H19NOS2. The molecule has 0 radical (unpaired) electrons. The lowest BCUT2D eigenvalue weighted by Crippen LogP contribution is -2.30. The normalized spacial score (nSPS) is 20.9. The van der Waals surface area contributed by atoms with E-state index in [0.717, 1.165) is 29.6 Å². The zero-order chi connectivity index (χ0) is 12.1. The summed E-state index contributed by atoms with van der Waals surface area (Å²) in [6, 6.07) is 9.06. The van der Waals surface area contributed by atoms with Gasteiger partial charge in [-0.2, -0.15) is 11.8 Å². The largest absolute Gasteiger partial charge is 0.308 e. The van der Waals surface area contributed by atoms with Crippen molar-refractivity contribution in [3.05, 3.63) is 35.4 Å². The molecule has 2 nitrogen and oxygen atoms in total. The highest BCUT2D eigenvalue weighted by Gasteiger charge is 2.19. The van der Waals surface area contributed by atoms with Gasteiger partial charge in [0.25, 0.3) is 0 Å². The quantitative estimate of drug-likeness (QED) is 0.889. The van der Waals surface area contributed by atoms with Crippen molar-refractivity contribution in [2.24, 2.45) is 0 Å². The third kappa shape index (κ3) is 3.57. The summed E-state index contributed by atoms with van der Waals surface area (Å²) >= 11 is 1.97. The number of rotatable bonds is 5. The molecule has 0 bridgehead atoms. The molecule has 0 saturated heterocycles. The molecule has 2 unspecified atom stereocenters. The number of benzene rings is 1. The lowest BCUT2D eigenvalue weighted by Gasteiger charge is -2.26. The molecule has 0 saturated carbocycles. The van der Waals surface area contributed by atoms with Gasteiger partial charge in [0.2, 0.25) is 0 Å². The summed E-state index contributed by atoms with van der Waals surface area (Å²) in [6.07, 6.45) is 0. The Kier molecular flexibility index (Phi) is 5.07. The molecule has 1 heterocycles. The minimum atomic E-state index is -0.658. The second-order valence-corrected chi connectivity index (χ2v) is 7.05. The van der Waals surface area contributed by atoms with Crippen molar-refractivity contribution in [1.82, 2.24) is 5.32 Å². The van der Waals surface area contributed by atoms with Crippen LogP contribution in [0.4, 0.5) is 0 Å². The van der Waals surface area contributed by atoms with Gasteiger partial charge in [0.1, 0.15) is 0 Å². The number of fused-ring (bicyclic) bond motifs is 1. The first kappa shape index (κ1) is 13.1. The highest BCUT2D eigenvalue weighted by molar-refractivity contribution is 7.98. The van der Waals surface area contributed by atoms with E-state index in [2.05, 4.69) is 29.6 Å². The van der Waals surface area contributed by atoms with Crippen LogP contribution in [0.2, 0.25) is 0 Å². The van der Waals surface area contributed by atoms with E-state index < -0.39 is 10.8 Å². The summed E-state index contributed by atoms with van der Waals surface area (Å²) in [5.41, 5.74) is 2.87. The molecule has 94 valence electrons. The standard InChI is InChI=1S/C13H19NOS2/c1-2-17(15)8-7-14-13-10-16-9-11-5-3-4-6-12(11)13/h3-6,13-14H,2,7-10H2,1H3. The van der Waals surface area contributed by atoms with Crippen LogP contribution >= 0.6 is 11.8 Å². The molecule has 0 aliphatic carbocycles. The Labute approximate surface area is 110 Å². The molecule has 1 aromatic rings. The van der Waals surface area contributed by atoms with E-state index in [1.54, 1.807) is 0 Å². The first-order valence-electron chi connectivity index (χ1n) is 6.05. The Hall–Kier alpha value is -0.320. The van der Waals surface area contributed by atoms with Crippen LogP contribution in [0.3, 0.4) is 0 Å². The molecule has 2 rings (SSSR count). The van der Waals surface area contributed by atoms with E-state index in [0.29, 0.717) is 6.04 Å². The fourth-order valence-electron chi connectivity index (χ4n) is 2.04. The van der Waals surface area contributed by atoms with Crippen LogP contribution in [0.15, 0.2) is 24.3 Å². The minimum absolute atomic E-state index is 0.429. The van der Waals surface area contributed by atoms with Gasteiger partial charge in [0, 0.05) is 46.4 Å². The predicted molar refractivity (Wildman–Crippen MR) is 76.9 cm³/mol. The van der Waals surface area contributed by atoms with Gasteiger partial charge in [-0.15, -0.1) is 0 Å². The number of nitrogens with one attached hydrogen (secondary N) is 1. The van der Waals surface area contributed by atoms with Crippen molar-refractivity contribution in [2.45, 2.75) is 18.7 Å². The van der Waals surface area contributed by atoms with Crippen molar-refractivity contribution in [2.75, 3.05) is 23.8 Å². The van der Waals surface area contributed by atoms with Crippen LogP contribution in [0.25, 0.3) is 0 Å². The monoisotopic (exact) mass is 269 g/mol. The SMILES string of the molecule is CCS(=O)CCNC1CSCc2ccccc21. The second-order valence-electron chi connectivity index (χ2n) is 4.15. The maximum absolute atomic E-state index is 11.4. The minimum Gasteiger partial charge on any atom is -0.308 e. The summed E-state index contributed by atoms with van der Waals surface area (Å²) in [5.74, 6) is 3.77. The first-order chi connectivity index (χ1) is 8.31. The molecule has 2 atom stereocenters. The van der Waals surface area contributed by atoms with Crippen molar-refractivity contribution < 1.29 is 4.21 Å². The van der Waals surface area contributed by atoms with Crippen LogP contribution in [0.1, 0.15) is 24.1 Å². The third-order valence-corrected chi connectivity index (χ3v) is 5.40. The highest BCUT2D eigenvalue weighted by Crippen LogP contribution is 2.31. The van der Waals surface area contributed by atoms with Crippen LogP contribution in [0, 0.1) is 0 Å². The molecule has 4 heteroatoms. The lowest BCUT2D eigenvalue weighted by molar-refractivity contribution is 0.597. The summed E-state index contributed by atoms with van der Waals surface area (Å²) in [4.78, 5) is 0. The van der Waals surface area contributed by atoms with Crippen molar-refractivity contribution in [3.8, 4) is 0 Å². The second kappa shape index (κ2) is 6.57. The number of thioether (sulfide) groups is 1. The average Bonchev–Trinajstić information content (AvgIpc) is 2.39. The summed E-state index contributed by atoms with van der Waals surface area (Å²) < 4.78 is 11.4. The number of hydrogen-bond acceptors (Lipinski definition) is 3. The van der Waals surface area contributed by atoms with E-state index in [9.17, 15) is 4.21 Å². The molecule has 0 aromatic heterocycles. The summed E-state index contributed by atoms with van der Waals surface area (Å²) in [6.45, 7) is 2.82. The van der Waals surface area contributed by atoms with Gasteiger partial charge in [-0.3, -0.25) is 4.21 Å². The van der Waals surface area contributed by atoms with Gasteiger partial charge >= 0.3 is 0 Å². The Morgan fingerprint density at radius 3 is 3.12 bits per heavy atom. The Morgan fingerprint density at radius 1 is 1.47 bits per heavy atom. The van der Waals surface area contributed by atoms with Gasteiger partial charge in [-0.25, -0.2) is 0 Å². The van der Waals surface area contributed by atoms with Crippen molar-refractivity contribution >= 4 is 22.6 Å². The van der Waals surface area contributed by atoms with Crippen LogP contribution < -0.4 is 5.32 Å². The Balaban J connectivity index is 1.92. The van der Waals surface area contributed by atoms with Crippen LogP contribution in [0.5, 0.6) is 0 Å². The van der Waals surface area contributed by atoms with E-state index in [4.69, 9.17) is 0 Å². The predicted octanol–water partition coefficient (Wildman–Crippen LogP) is 2.33. The van der Waals surface area contributed by atoms with Gasteiger partial charge < -0.3 is 5.32 Å². The van der Waals surface area contributed by atoms with Crippen molar-refractivity contribution in [3.63, 3.8) is 0 Å². The van der Waals surface area contributed by atoms with E-state index in [1.807, 2.05) is 18.7 Å². The molecule has 1 aliphatic heterocycles. The molecule has 1 aliphatic rings. The summed E-state index contributed by atoms with van der Waals surface area (Å²) in [5, 5.41) is 3.53. The summed E-state index contributed by atoms with van der Waals surface area (Å²) in [7, 11) is -0.658. The maximum atomic E-state index is 11.4. The molecular weight excluding hydrogens is 250 g/mol. The Morgan fingerprint density at radius 2 is 2.29 bits per heavy atom. The van der Waals surface area contributed by atoms with E-state index in [-0.39, 0.29) is 0 Å². The van der Waals surface area contributed by atoms with Gasteiger partial charge in [-0.1, -0.05) is 31.2 Å². The molecule has 1 aromatic carbocycles.